The number of sulfonamides is 1. The van der Waals surface area contributed by atoms with Crippen molar-refractivity contribution in [2.75, 3.05) is 32.9 Å². The van der Waals surface area contributed by atoms with E-state index in [4.69, 9.17) is 0 Å². The third kappa shape index (κ3) is 11.6. The van der Waals surface area contributed by atoms with Gasteiger partial charge in [-0.25, -0.2) is 17.5 Å². The third-order valence-corrected chi connectivity index (χ3v) is 11.0. The molecule has 1 aliphatic carbocycles. The Morgan fingerprint density at radius 3 is 2.15 bits per heavy atom. The molecule has 2 fully saturated rings. The zero-order valence-electron chi connectivity index (χ0n) is 30.3. The summed E-state index contributed by atoms with van der Waals surface area (Å²) in [5, 5.41) is 11.1. The number of hydrogen-bond donors (Lipinski definition) is 4. The average Bonchev–Trinajstić information content (AvgIpc) is 3.46. The van der Waals surface area contributed by atoms with Gasteiger partial charge in [0.2, 0.25) is 27.6 Å². The maximum atomic E-state index is 14.5. The standard InChI is InChI=1S/C34H60N6O7S/c1-10-15-25(29(41)31(43)35-19-11-2)36-30(42)28-24(22(3)4)18-20-40(28)32(44)27(23-16-13-12-14-17-23)38-33(45)37-26(34(5,6)7)21-39(8)48(9,46)47/h11,22-28H,2,10,12-21H2,1,3-9H3,(H,35,43)(H,36,42)(H2,37,38,45)/t24-,25?,26-,27+,28+/m1/s1. The van der Waals surface area contributed by atoms with Gasteiger partial charge < -0.3 is 26.2 Å². The molecular weight excluding hydrogens is 636 g/mol. The number of rotatable bonds is 16. The fraction of sp³-hybridized carbons (Fsp3) is 0.794. The molecule has 274 valence electrons. The fourth-order valence-corrected chi connectivity index (χ4v) is 7.04. The van der Waals surface area contributed by atoms with Crippen molar-refractivity contribution in [2.24, 2.45) is 23.2 Å². The molecule has 2 rings (SSSR count). The predicted molar refractivity (Wildman–Crippen MR) is 186 cm³/mol. The van der Waals surface area contributed by atoms with Crippen molar-refractivity contribution in [3.8, 4) is 0 Å². The Bertz CT molecular complexity index is 1260. The molecule has 4 N–H and O–H groups in total. The van der Waals surface area contributed by atoms with Gasteiger partial charge in [-0.3, -0.25) is 19.2 Å². The van der Waals surface area contributed by atoms with Crippen molar-refractivity contribution in [2.45, 2.75) is 117 Å². The highest BCUT2D eigenvalue weighted by Gasteiger charge is 2.47. The van der Waals surface area contributed by atoms with Gasteiger partial charge in [-0.1, -0.05) is 73.3 Å². The Kier molecular flexibility index (Phi) is 15.5. The van der Waals surface area contributed by atoms with Crippen LogP contribution in [-0.4, -0.2) is 104 Å². The van der Waals surface area contributed by atoms with E-state index in [0.717, 1.165) is 38.4 Å². The van der Waals surface area contributed by atoms with Gasteiger partial charge in [-0.15, -0.1) is 6.58 Å². The first-order valence-electron chi connectivity index (χ1n) is 17.4. The predicted octanol–water partition coefficient (Wildman–Crippen LogP) is 2.57. The van der Waals surface area contributed by atoms with Gasteiger partial charge in [0.05, 0.1) is 12.3 Å². The van der Waals surface area contributed by atoms with E-state index in [-0.39, 0.29) is 43.2 Å². The van der Waals surface area contributed by atoms with Crippen LogP contribution in [0.4, 0.5) is 4.79 Å². The molecule has 0 aromatic heterocycles. The van der Waals surface area contributed by atoms with Crippen LogP contribution in [0.2, 0.25) is 0 Å². The zero-order valence-corrected chi connectivity index (χ0v) is 31.1. The van der Waals surface area contributed by atoms with Gasteiger partial charge in [-0.2, -0.15) is 0 Å². The summed E-state index contributed by atoms with van der Waals surface area (Å²) in [5.74, 6) is -2.71. The molecule has 1 heterocycles. The molecule has 1 saturated carbocycles. The molecule has 1 aliphatic heterocycles. The van der Waals surface area contributed by atoms with Crippen LogP contribution in [-0.2, 0) is 29.2 Å². The number of nitrogens with zero attached hydrogens (tertiary/aromatic N) is 2. The first kappa shape index (κ1) is 41.2. The minimum absolute atomic E-state index is 0.0403. The van der Waals surface area contributed by atoms with E-state index in [9.17, 15) is 32.4 Å². The van der Waals surface area contributed by atoms with E-state index >= 15 is 0 Å². The van der Waals surface area contributed by atoms with E-state index in [1.165, 1.54) is 17.4 Å². The molecule has 48 heavy (non-hydrogen) atoms. The smallest absolute Gasteiger partial charge is 0.315 e. The summed E-state index contributed by atoms with van der Waals surface area (Å²) in [6.07, 6.45) is 8.27. The maximum Gasteiger partial charge on any atom is 0.315 e. The second-order valence-electron chi connectivity index (χ2n) is 14.8. The van der Waals surface area contributed by atoms with Crippen molar-refractivity contribution >= 4 is 39.6 Å². The largest absolute Gasteiger partial charge is 0.346 e. The first-order chi connectivity index (χ1) is 22.3. The van der Waals surface area contributed by atoms with Crippen molar-refractivity contribution in [3.63, 3.8) is 0 Å². The van der Waals surface area contributed by atoms with Crippen LogP contribution in [0.25, 0.3) is 0 Å². The van der Waals surface area contributed by atoms with Crippen LogP contribution in [0.1, 0.15) is 92.9 Å². The average molecular weight is 697 g/mol. The highest BCUT2D eigenvalue weighted by atomic mass is 32.2. The topological polar surface area (TPSA) is 174 Å². The molecule has 0 radical (unpaired) electrons. The summed E-state index contributed by atoms with van der Waals surface area (Å²) < 4.78 is 25.5. The first-order valence-corrected chi connectivity index (χ1v) is 19.2. The number of carbonyl (C=O) groups is 5. The number of likely N-dealkylation sites (N-methyl/N-ethyl adjacent to an activating group) is 1. The third-order valence-electron chi connectivity index (χ3n) is 9.72. The zero-order chi connectivity index (χ0) is 36.4. The number of carbonyl (C=O) groups excluding carboxylic acids is 5. The number of amides is 5. The quantitative estimate of drug-likeness (QED) is 0.142. The van der Waals surface area contributed by atoms with Crippen LogP contribution in [0.5, 0.6) is 0 Å². The molecule has 1 saturated heterocycles. The molecule has 13 nitrogen and oxygen atoms in total. The lowest BCUT2D eigenvalue weighted by atomic mass is 9.82. The monoisotopic (exact) mass is 696 g/mol. The van der Waals surface area contributed by atoms with Gasteiger partial charge in [0.15, 0.2) is 0 Å². The van der Waals surface area contributed by atoms with E-state index in [1.54, 1.807) is 4.90 Å². The van der Waals surface area contributed by atoms with Gasteiger partial charge in [0, 0.05) is 32.7 Å². The summed E-state index contributed by atoms with van der Waals surface area (Å²) >= 11 is 0. The molecule has 5 atom stereocenters. The number of ketones is 1. The van der Waals surface area contributed by atoms with Crippen LogP contribution >= 0.6 is 0 Å². The van der Waals surface area contributed by atoms with E-state index < -0.39 is 63.2 Å². The van der Waals surface area contributed by atoms with E-state index in [0.29, 0.717) is 19.4 Å². The van der Waals surface area contributed by atoms with Crippen molar-refractivity contribution < 1.29 is 32.4 Å². The van der Waals surface area contributed by atoms with Crippen LogP contribution in [0.15, 0.2) is 12.7 Å². The normalized spacial score (nSPS) is 20.9. The Labute approximate surface area is 287 Å². The number of nitrogens with one attached hydrogen (secondary N) is 4. The molecule has 0 aromatic carbocycles. The van der Waals surface area contributed by atoms with Gasteiger partial charge >= 0.3 is 6.03 Å². The number of hydrogen-bond acceptors (Lipinski definition) is 7. The molecular formula is C34H60N6O7S. The summed E-state index contributed by atoms with van der Waals surface area (Å²) in [7, 11) is -2.04. The molecule has 0 spiro atoms. The molecule has 1 unspecified atom stereocenters. The second kappa shape index (κ2) is 18.1. The minimum Gasteiger partial charge on any atom is -0.346 e. The van der Waals surface area contributed by atoms with Crippen LogP contribution < -0.4 is 21.3 Å². The van der Waals surface area contributed by atoms with Crippen LogP contribution in [0.3, 0.4) is 0 Å². The van der Waals surface area contributed by atoms with Crippen molar-refractivity contribution in [3.05, 3.63) is 12.7 Å². The molecule has 0 bridgehead atoms. The maximum absolute atomic E-state index is 14.5. The van der Waals surface area contributed by atoms with E-state index in [2.05, 4.69) is 27.8 Å². The molecule has 5 amide bonds. The summed E-state index contributed by atoms with van der Waals surface area (Å²) in [6, 6.07) is -3.98. The highest BCUT2D eigenvalue weighted by Crippen LogP contribution is 2.34. The Hall–Kier alpha value is -3.00. The van der Waals surface area contributed by atoms with Crippen molar-refractivity contribution in [1.29, 1.82) is 0 Å². The van der Waals surface area contributed by atoms with Gasteiger partial charge in [0.25, 0.3) is 5.91 Å². The Balaban J connectivity index is 2.38. The number of Topliss-reactive ketones (excluding diaryl/α,β-unsaturated/α-hetero) is 1. The molecule has 0 aromatic rings. The second-order valence-corrected chi connectivity index (χ2v) is 16.9. The Morgan fingerprint density at radius 1 is 1.00 bits per heavy atom. The number of urea groups is 1. The SMILES string of the molecule is C=CCNC(=O)C(=O)C(CCC)NC(=O)[C@@H]1[C@@H](C(C)C)CCN1C(=O)[C@@H](NC(=O)N[C@H](CN(C)S(C)(=O)=O)C(C)(C)C)C1CCCCC1. The molecule has 14 heteroatoms. The van der Waals surface area contributed by atoms with Gasteiger partial charge in [0.1, 0.15) is 12.1 Å². The summed E-state index contributed by atoms with van der Waals surface area (Å²) in [5.41, 5.74) is -0.502. The summed E-state index contributed by atoms with van der Waals surface area (Å²) in [4.78, 5) is 69.1. The van der Waals surface area contributed by atoms with Crippen LogP contribution in [0, 0.1) is 23.2 Å². The van der Waals surface area contributed by atoms with Gasteiger partial charge in [-0.05, 0) is 48.9 Å². The molecule has 2 aliphatic rings. The van der Waals surface area contributed by atoms with Crippen molar-refractivity contribution in [1.82, 2.24) is 30.5 Å². The minimum atomic E-state index is -3.50. The summed E-state index contributed by atoms with van der Waals surface area (Å²) in [6.45, 7) is 15.5. The number of likely N-dealkylation sites (tertiary alicyclic amines) is 1. The highest BCUT2D eigenvalue weighted by molar-refractivity contribution is 7.88. The lowest BCUT2D eigenvalue weighted by Gasteiger charge is -2.37. The lowest BCUT2D eigenvalue weighted by molar-refractivity contribution is -0.144. The Morgan fingerprint density at radius 2 is 1.62 bits per heavy atom. The lowest BCUT2D eigenvalue weighted by Crippen LogP contribution is -2.61. The van der Waals surface area contributed by atoms with E-state index in [1.807, 2.05) is 41.5 Å². The fourth-order valence-electron chi connectivity index (χ4n) is 6.62.